The minimum Gasteiger partial charge on any atom is -0.375 e. The van der Waals surface area contributed by atoms with Gasteiger partial charge in [-0.15, -0.1) is 0 Å². The van der Waals surface area contributed by atoms with E-state index in [0.29, 0.717) is 23.5 Å². The number of para-hydroxylation sites is 1. The summed E-state index contributed by atoms with van der Waals surface area (Å²) < 4.78 is 0.787. The molecule has 1 atom stereocenters. The fourth-order valence-corrected chi connectivity index (χ4v) is 4.51. The first-order chi connectivity index (χ1) is 13.5. The van der Waals surface area contributed by atoms with Crippen molar-refractivity contribution in [2.45, 2.75) is 31.3 Å². The van der Waals surface area contributed by atoms with Crippen LogP contribution in [0.1, 0.15) is 41.6 Å². The van der Waals surface area contributed by atoms with Crippen molar-refractivity contribution < 1.29 is 14.7 Å². The zero-order chi connectivity index (χ0) is 19.7. The number of nitrogens with zero attached hydrogens (tertiary/aromatic N) is 2. The first-order valence-electron chi connectivity index (χ1n) is 9.64. The number of rotatable bonds is 5. The lowest BCUT2D eigenvalue weighted by Gasteiger charge is -2.31. The van der Waals surface area contributed by atoms with Crippen molar-refractivity contribution in [2.75, 3.05) is 24.7 Å². The molecule has 2 aromatic rings. The number of carbonyl (C=O) groups is 2. The van der Waals surface area contributed by atoms with Gasteiger partial charge in [-0.2, -0.15) is 0 Å². The second-order valence-corrected chi connectivity index (χ2v) is 8.46. The van der Waals surface area contributed by atoms with Crippen molar-refractivity contribution in [3.05, 3.63) is 64.1 Å². The Labute approximate surface area is 173 Å². The topological polar surface area (TPSA) is 60.9 Å². The molecule has 1 N–H and O–H groups in total. The van der Waals surface area contributed by atoms with E-state index in [-0.39, 0.29) is 12.2 Å². The maximum atomic E-state index is 13.3. The van der Waals surface area contributed by atoms with Crippen LogP contribution in [-0.2, 0) is 10.4 Å². The van der Waals surface area contributed by atoms with Crippen LogP contribution < -0.4 is 4.90 Å². The predicted molar refractivity (Wildman–Crippen MR) is 111 cm³/mol. The number of likely N-dealkylation sites (tertiary alicyclic amines) is 1. The van der Waals surface area contributed by atoms with E-state index < -0.39 is 11.5 Å². The lowest BCUT2D eigenvalue weighted by molar-refractivity contribution is -0.136. The largest absolute Gasteiger partial charge is 0.375 e. The highest BCUT2D eigenvalue weighted by Gasteiger charge is 2.51. The van der Waals surface area contributed by atoms with Crippen molar-refractivity contribution in [3.8, 4) is 0 Å². The van der Waals surface area contributed by atoms with Crippen molar-refractivity contribution in [1.82, 2.24) is 4.90 Å². The molecule has 1 amide bonds. The van der Waals surface area contributed by atoms with Crippen LogP contribution in [0.5, 0.6) is 0 Å². The van der Waals surface area contributed by atoms with Gasteiger partial charge in [0, 0.05) is 15.6 Å². The number of ketones is 1. The summed E-state index contributed by atoms with van der Waals surface area (Å²) in [5.74, 6) is -0.672. The van der Waals surface area contributed by atoms with E-state index in [1.807, 2.05) is 18.2 Å². The molecule has 5 nitrogen and oxygen atoms in total. The number of aliphatic hydroxyl groups is 1. The van der Waals surface area contributed by atoms with Crippen LogP contribution in [0.25, 0.3) is 0 Å². The second kappa shape index (κ2) is 7.78. The molecule has 0 saturated carbocycles. The summed E-state index contributed by atoms with van der Waals surface area (Å²) in [6, 6.07) is 14.3. The Hall–Kier alpha value is -2.02. The van der Waals surface area contributed by atoms with Gasteiger partial charge in [-0.05, 0) is 44.1 Å². The molecule has 6 heteroatoms. The molecule has 1 saturated heterocycles. The number of amides is 1. The Morgan fingerprint density at radius 3 is 2.57 bits per heavy atom. The van der Waals surface area contributed by atoms with Crippen LogP contribution in [0.2, 0.25) is 0 Å². The van der Waals surface area contributed by atoms with Gasteiger partial charge < -0.3 is 5.11 Å². The zero-order valence-electron chi connectivity index (χ0n) is 15.6. The standard InChI is InChI=1S/C22H23BrN2O3/c23-17-8-6-7-16(13-17)20(26)14-22(28)18-9-2-3-10-19(18)25(21(22)27)15-24-11-4-1-5-12-24/h2-3,6-10,13,28H,1,4-5,11-12,14-15H2/t22-/m0/s1. The number of benzene rings is 2. The van der Waals surface area contributed by atoms with Crippen LogP contribution in [0.4, 0.5) is 5.69 Å². The molecule has 0 aliphatic carbocycles. The van der Waals surface area contributed by atoms with Gasteiger partial charge in [0.15, 0.2) is 11.4 Å². The maximum Gasteiger partial charge on any atom is 0.265 e. The lowest BCUT2D eigenvalue weighted by Crippen LogP contribution is -2.47. The summed E-state index contributed by atoms with van der Waals surface area (Å²) >= 11 is 3.36. The number of fused-ring (bicyclic) bond motifs is 1. The van der Waals surface area contributed by atoms with Gasteiger partial charge in [0.2, 0.25) is 0 Å². The Balaban J connectivity index is 1.62. The molecular weight excluding hydrogens is 420 g/mol. The van der Waals surface area contributed by atoms with Crippen molar-refractivity contribution in [2.24, 2.45) is 0 Å². The number of halogens is 1. The fraction of sp³-hybridized carbons (Fsp3) is 0.364. The van der Waals surface area contributed by atoms with E-state index in [9.17, 15) is 14.7 Å². The van der Waals surface area contributed by atoms with Crippen molar-refractivity contribution in [1.29, 1.82) is 0 Å². The number of piperidine rings is 1. The summed E-state index contributed by atoms with van der Waals surface area (Å²) in [7, 11) is 0. The van der Waals surface area contributed by atoms with Crippen molar-refractivity contribution >= 4 is 33.3 Å². The van der Waals surface area contributed by atoms with Crippen LogP contribution in [0.15, 0.2) is 53.0 Å². The van der Waals surface area contributed by atoms with Crippen LogP contribution in [-0.4, -0.2) is 41.5 Å². The highest BCUT2D eigenvalue weighted by atomic mass is 79.9. The Kier molecular flexibility index (Phi) is 5.36. The number of carbonyl (C=O) groups excluding carboxylic acids is 2. The molecule has 1 fully saturated rings. The highest BCUT2D eigenvalue weighted by molar-refractivity contribution is 9.10. The molecule has 0 unspecified atom stereocenters. The molecule has 28 heavy (non-hydrogen) atoms. The van der Waals surface area contributed by atoms with Gasteiger partial charge in [0.1, 0.15) is 0 Å². The van der Waals surface area contributed by atoms with E-state index in [4.69, 9.17) is 0 Å². The predicted octanol–water partition coefficient (Wildman–Crippen LogP) is 3.70. The third-order valence-corrected chi connectivity index (χ3v) is 6.09. The molecule has 0 radical (unpaired) electrons. The summed E-state index contributed by atoms with van der Waals surface area (Å²) in [6.07, 6.45) is 3.19. The summed E-state index contributed by atoms with van der Waals surface area (Å²) in [6.45, 7) is 2.34. The highest BCUT2D eigenvalue weighted by Crippen LogP contribution is 2.43. The van der Waals surface area contributed by atoms with Gasteiger partial charge >= 0.3 is 0 Å². The van der Waals surface area contributed by atoms with E-state index in [0.717, 1.165) is 30.4 Å². The molecule has 2 aromatic carbocycles. The van der Waals surface area contributed by atoms with E-state index in [1.54, 1.807) is 35.2 Å². The van der Waals surface area contributed by atoms with E-state index in [1.165, 1.54) is 6.42 Å². The molecule has 0 bridgehead atoms. The smallest absolute Gasteiger partial charge is 0.265 e. The SMILES string of the molecule is O=C(C[C@@]1(O)C(=O)N(CN2CCCCC2)c2ccccc21)c1cccc(Br)c1. The van der Waals surface area contributed by atoms with E-state index >= 15 is 0 Å². The van der Waals surface area contributed by atoms with Gasteiger partial charge in [0.25, 0.3) is 5.91 Å². The number of Topliss-reactive ketones (excluding diaryl/α,β-unsaturated/α-hetero) is 1. The molecular formula is C22H23BrN2O3. The minimum absolute atomic E-state index is 0.258. The second-order valence-electron chi connectivity index (χ2n) is 7.54. The number of hydrogen-bond acceptors (Lipinski definition) is 4. The summed E-state index contributed by atoms with van der Waals surface area (Å²) in [5.41, 5.74) is -0.142. The average molecular weight is 443 g/mol. The van der Waals surface area contributed by atoms with Gasteiger partial charge in [-0.25, -0.2) is 0 Å². The minimum atomic E-state index is -1.83. The Morgan fingerprint density at radius 1 is 1.07 bits per heavy atom. The van der Waals surface area contributed by atoms with E-state index in [2.05, 4.69) is 20.8 Å². The maximum absolute atomic E-state index is 13.3. The third-order valence-electron chi connectivity index (χ3n) is 5.59. The molecule has 0 aromatic heterocycles. The number of hydrogen-bond donors (Lipinski definition) is 1. The van der Waals surface area contributed by atoms with Gasteiger partial charge in [0.05, 0.1) is 18.8 Å². The first-order valence-corrected chi connectivity index (χ1v) is 10.4. The van der Waals surface area contributed by atoms with Crippen LogP contribution in [0.3, 0.4) is 0 Å². The summed E-state index contributed by atoms with van der Waals surface area (Å²) in [5, 5.41) is 11.4. The lowest BCUT2D eigenvalue weighted by atomic mass is 9.88. The molecule has 4 rings (SSSR count). The molecule has 146 valence electrons. The Morgan fingerprint density at radius 2 is 1.82 bits per heavy atom. The molecule has 2 aliphatic rings. The molecule has 2 aliphatic heterocycles. The monoisotopic (exact) mass is 442 g/mol. The van der Waals surface area contributed by atoms with Crippen LogP contribution >= 0.6 is 15.9 Å². The average Bonchev–Trinajstić information content (AvgIpc) is 2.91. The quantitative estimate of drug-likeness (QED) is 0.717. The number of anilines is 1. The zero-order valence-corrected chi connectivity index (χ0v) is 17.2. The Bertz CT molecular complexity index is 910. The summed E-state index contributed by atoms with van der Waals surface area (Å²) in [4.78, 5) is 30.0. The van der Waals surface area contributed by atoms with Gasteiger partial charge in [-0.3, -0.25) is 19.4 Å². The molecule has 2 heterocycles. The normalized spacial score (nSPS) is 22.4. The third kappa shape index (κ3) is 3.52. The van der Waals surface area contributed by atoms with Gasteiger partial charge in [-0.1, -0.05) is 52.7 Å². The van der Waals surface area contributed by atoms with Crippen LogP contribution in [0, 0.1) is 0 Å². The molecule has 0 spiro atoms. The first kappa shape index (κ1) is 19.3. The fourth-order valence-electron chi connectivity index (χ4n) is 4.12. The van der Waals surface area contributed by atoms with Crippen molar-refractivity contribution in [3.63, 3.8) is 0 Å².